The van der Waals surface area contributed by atoms with Gasteiger partial charge in [-0.15, -0.1) is 0 Å². The molecule has 1 aromatic heterocycles. The molecule has 2 N–H and O–H groups in total. The Morgan fingerprint density at radius 3 is 2.70 bits per heavy atom. The van der Waals surface area contributed by atoms with Gasteiger partial charge in [-0.1, -0.05) is 0 Å². The average molecular weight is 271 g/mol. The van der Waals surface area contributed by atoms with Crippen LogP contribution in [0.15, 0.2) is 29.6 Å². The zero-order valence-corrected chi connectivity index (χ0v) is 10.6. The predicted octanol–water partition coefficient (Wildman–Crippen LogP) is 0.764. The van der Waals surface area contributed by atoms with Crippen LogP contribution in [0.25, 0.3) is 0 Å². The second-order valence-corrected chi connectivity index (χ2v) is 5.69. The first kappa shape index (κ1) is 11.6. The smallest absolute Gasteiger partial charge is 0.307 e. The van der Waals surface area contributed by atoms with Crippen LogP contribution in [0, 0.1) is 29.6 Å². The highest BCUT2D eigenvalue weighted by molar-refractivity contribution is 6.03. The molecule has 20 heavy (non-hydrogen) atoms. The number of nitrogens with one attached hydrogen (secondary N) is 1. The Morgan fingerprint density at radius 1 is 1.35 bits per heavy atom. The fraction of sp³-hybridized carbons (Fsp3) is 0.429. The lowest BCUT2D eigenvalue weighted by molar-refractivity contribution is -0.142. The van der Waals surface area contributed by atoms with Gasteiger partial charge < -0.3 is 5.11 Å². The topological polar surface area (TPSA) is 91.7 Å². The van der Waals surface area contributed by atoms with E-state index in [1.54, 1.807) is 24.5 Å². The second-order valence-electron chi connectivity index (χ2n) is 5.69. The number of pyridine rings is 1. The van der Waals surface area contributed by atoms with Gasteiger partial charge in [0.05, 0.1) is 5.92 Å². The molecule has 0 radical (unpaired) electrons. The molecule has 1 heterocycles. The van der Waals surface area contributed by atoms with E-state index in [2.05, 4.69) is 15.5 Å². The van der Waals surface area contributed by atoms with Gasteiger partial charge in [0.25, 0.3) is 5.91 Å². The summed E-state index contributed by atoms with van der Waals surface area (Å²) < 4.78 is 0. The number of carbonyl (C=O) groups is 2. The number of rotatable bonds is 3. The molecule has 4 fully saturated rings. The highest BCUT2D eigenvalue weighted by Crippen LogP contribution is 2.71. The van der Waals surface area contributed by atoms with Crippen LogP contribution in [-0.4, -0.2) is 27.7 Å². The summed E-state index contributed by atoms with van der Waals surface area (Å²) >= 11 is 0. The Bertz CT molecular complexity index is 628. The first-order valence-electron chi connectivity index (χ1n) is 6.69. The van der Waals surface area contributed by atoms with E-state index in [0.29, 0.717) is 17.4 Å². The number of hydrogen-bond acceptors (Lipinski definition) is 4. The molecular formula is C14H13N3O3. The van der Waals surface area contributed by atoms with Gasteiger partial charge in [0.2, 0.25) is 0 Å². The fourth-order valence-electron chi connectivity index (χ4n) is 4.05. The maximum absolute atomic E-state index is 11.9. The SMILES string of the molecule is O=C(N/N=C1/C2C[C@@H]3C1C3C2C(=O)O)c1ccncc1. The summed E-state index contributed by atoms with van der Waals surface area (Å²) in [7, 11) is 0. The summed E-state index contributed by atoms with van der Waals surface area (Å²) in [6.07, 6.45) is 4.01. The molecule has 0 saturated heterocycles. The molecule has 102 valence electrons. The second kappa shape index (κ2) is 3.88. The van der Waals surface area contributed by atoms with E-state index < -0.39 is 5.97 Å². The standard InChI is InChI=1S/C14H13N3O3/c18-13(6-1-3-15-4-2-6)17-16-12-8-5-7-9(10(7)12)11(8)14(19)20/h1-4,7-11H,5H2,(H,17,18)(H,19,20)/b16-12-/t7-,8?,9?,10?,11?/m0/s1. The van der Waals surface area contributed by atoms with Crippen LogP contribution in [0.3, 0.4) is 0 Å². The number of amides is 1. The van der Waals surface area contributed by atoms with Crippen LogP contribution < -0.4 is 5.43 Å². The number of carboxylic acid groups (broad SMARTS) is 1. The highest BCUT2D eigenvalue weighted by Gasteiger charge is 2.74. The summed E-state index contributed by atoms with van der Waals surface area (Å²) in [6.45, 7) is 0. The largest absolute Gasteiger partial charge is 0.481 e. The third kappa shape index (κ3) is 1.44. The van der Waals surface area contributed by atoms with Crippen molar-refractivity contribution >= 4 is 17.6 Å². The van der Waals surface area contributed by atoms with Crippen LogP contribution in [0.2, 0.25) is 0 Å². The summed E-state index contributed by atoms with van der Waals surface area (Å²) in [5.74, 6) is -0.249. The molecule has 0 spiro atoms. The highest BCUT2D eigenvalue weighted by atomic mass is 16.4. The fourth-order valence-corrected chi connectivity index (χ4v) is 4.05. The lowest BCUT2D eigenvalue weighted by atomic mass is 9.98. The third-order valence-corrected chi connectivity index (χ3v) is 4.84. The van der Waals surface area contributed by atoms with Crippen LogP contribution >= 0.6 is 0 Å². The van der Waals surface area contributed by atoms with Gasteiger partial charge in [-0.05, 0) is 30.4 Å². The van der Waals surface area contributed by atoms with E-state index in [0.717, 1.165) is 12.1 Å². The molecular weight excluding hydrogens is 258 g/mol. The van der Waals surface area contributed by atoms with Gasteiger partial charge in [0, 0.05) is 35.5 Å². The van der Waals surface area contributed by atoms with Crippen LogP contribution in [-0.2, 0) is 4.79 Å². The van der Waals surface area contributed by atoms with Gasteiger partial charge in [0.15, 0.2) is 0 Å². The molecule has 4 saturated carbocycles. The molecule has 5 rings (SSSR count). The van der Waals surface area contributed by atoms with E-state index >= 15 is 0 Å². The number of aliphatic carboxylic acids is 1. The van der Waals surface area contributed by atoms with Crippen LogP contribution in [0.4, 0.5) is 0 Å². The van der Waals surface area contributed by atoms with Crippen molar-refractivity contribution in [2.75, 3.05) is 0 Å². The van der Waals surface area contributed by atoms with Crippen molar-refractivity contribution in [3.8, 4) is 0 Å². The van der Waals surface area contributed by atoms with E-state index in [-0.39, 0.29) is 23.7 Å². The Labute approximate surface area is 114 Å². The Balaban J connectivity index is 1.51. The van der Waals surface area contributed by atoms with Gasteiger partial charge in [-0.25, -0.2) is 5.43 Å². The number of nitrogens with zero attached hydrogens (tertiary/aromatic N) is 2. The molecule has 6 heteroatoms. The lowest BCUT2D eigenvalue weighted by Crippen LogP contribution is -2.24. The van der Waals surface area contributed by atoms with Crippen molar-refractivity contribution in [1.82, 2.24) is 10.4 Å². The molecule has 0 aromatic carbocycles. The Hall–Kier alpha value is -2.24. The average Bonchev–Trinajstić information content (AvgIpc) is 2.81. The molecule has 4 aliphatic rings. The summed E-state index contributed by atoms with van der Waals surface area (Å²) in [5, 5.41) is 13.4. The van der Waals surface area contributed by atoms with Gasteiger partial charge in [-0.3, -0.25) is 14.6 Å². The van der Waals surface area contributed by atoms with Gasteiger partial charge >= 0.3 is 5.97 Å². The summed E-state index contributed by atoms with van der Waals surface area (Å²) in [6, 6.07) is 3.23. The quantitative estimate of drug-likeness (QED) is 0.794. The van der Waals surface area contributed by atoms with E-state index in [9.17, 15) is 14.7 Å². The van der Waals surface area contributed by atoms with Gasteiger partial charge in [0.1, 0.15) is 0 Å². The van der Waals surface area contributed by atoms with Crippen molar-refractivity contribution in [3.63, 3.8) is 0 Å². The Kier molecular flexibility index (Phi) is 2.24. The van der Waals surface area contributed by atoms with Crippen LogP contribution in [0.1, 0.15) is 16.8 Å². The van der Waals surface area contributed by atoms with E-state index in [4.69, 9.17) is 0 Å². The van der Waals surface area contributed by atoms with Crippen molar-refractivity contribution in [2.45, 2.75) is 6.42 Å². The van der Waals surface area contributed by atoms with Gasteiger partial charge in [-0.2, -0.15) is 5.10 Å². The molecule has 6 nitrogen and oxygen atoms in total. The minimum Gasteiger partial charge on any atom is -0.481 e. The molecule has 4 aliphatic carbocycles. The zero-order valence-electron chi connectivity index (χ0n) is 10.6. The first-order valence-corrected chi connectivity index (χ1v) is 6.69. The van der Waals surface area contributed by atoms with Crippen molar-refractivity contribution < 1.29 is 14.7 Å². The number of carboxylic acids is 1. The van der Waals surface area contributed by atoms with Crippen molar-refractivity contribution in [1.29, 1.82) is 0 Å². The van der Waals surface area contributed by atoms with E-state index in [1.165, 1.54) is 0 Å². The molecule has 4 unspecified atom stereocenters. The zero-order chi connectivity index (χ0) is 13.9. The van der Waals surface area contributed by atoms with Crippen molar-refractivity contribution in [3.05, 3.63) is 30.1 Å². The number of carbonyl (C=O) groups excluding carboxylic acids is 1. The molecule has 5 atom stereocenters. The molecule has 1 aromatic rings. The normalized spacial score (nSPS) is 38.0. The first-order chi connectivity index (χ1) is 9.68. The molecule has 4 bridgehead atoms. The third-order valence-electron chi connectivity index (χ3n) is 4.84. The molecule has 0 aliphatic heterocycles. The number of aromatic nitrogens is 1. The summed E-state index contributed by atoms with van der Waals surface area (Å²) in [4.78, 5) is 27.0. The maximum Gasteiger partial charge on any atom is 0.307 e. The number of hydrogen-bond donors (Lipinski definition) is 2. The molecule has 1 amide bonds. The monoisotopic (exact) mass is 271 g/mol. The van der Waals surface area contributed by atoms with Crippen molar-refractivity contribution in [2.24, 2.45) is 34.7 Å². The predicted molar refractivity (Wildman–Crippen MR) is 68.8 cm³/mol. The number of hydrazone groups is 1. The van der Waals surface area contributed by atoms with Crippen LogP contribution in [0.5, 0.6) is 0 Å². The van der Waals surface area contributed by atoms with E-state index in [1.807, 2.05) is 0 Å². The summed E-state index contributed by atoms with van der Waals surface area (Å²) in [5.41, 5.74) is 3.92. The Morgan fingerprint density at radius 2 is 2.10 bits per heavy atom. The minimum absolute atomic E-state index is 0.0187. The minimum atomic E-state index is -0.726. The lowest BCUT2D eigenvalue weighted by Gasteiger charge is -2.09. The maximum atomic E-state index is 11.9.